The van der Waals surface area contributed by atoms with Crippen LogP contribution < -0.4 is 0 Å². The fourth-order valence-corrected chi connectivity index (χ4v) is 2.31. The smallest absolute Gasteiger partial charge is 0.0994 e. The van der Waals surface area contributed by atoms with Gasteiger partial charge in [0.25, 0.3) is 0 Å². The highest BCUT2D eigenvalue weighted by Gasteiger charge is 2.28. The minimum Gasteiger partial charge on any atom is -0.381 e. The van der Waals surface area contributed by atoms with Crippen LogP contribution in [0.5, 0.6) is 0 Å². The Morgan fingerprint density at radius 3 is 2.81 bits per heavy atom. The van der Waals surface area contributed by atoms with Crippen molar-refractivity contribution in [3.63, 3.8) is 0 Å². The van der Waals surface area contributed by atoms with Crippen molar-refractivity contribution in [2.24, 2.45) is 5.92 Å². The van der Waals surface area contributed by atoms with E-state index in [9.17, 15) is 0 Å². The average Bonchev–Trinajstić information content (AvgIpc) is 2.28. The molecule has 0 spiro atoms. The Morgan fingerprint density at radius 1 is 1.38 bits per heavy atom. The number of hydrogen-bond donors (Lipinski definition) is 0. The van der Waals surface area contributed by atoms with E-state index in [2.05, 4.69) is 12.1 Å². The summed E-state index contributed by atoms with van der Waals surface area (Å²) in [6, 6.07) is 10.1. The second-order valence-electron chi connectivity index (χ2n) is 4.50. The van der Waals surface area contributed by atoms with Gasteiger partial charge in [-0.25, -0.2) is 0 Å². The molecule has 1 aromatic carbocycles. The molecular weight excluding hydrogens is 198 g/mol. The quantitative estimate of drug-likeness (QED) is 0.773. The molecule has 1 aromatic rings. The maximum Gasteiger partial charge on any atom is 0.0994 e. The van der Waals surface area contributed by atoms with Crippen LogP contribution in [-0.2, 0) is 11.2 Å². The number of benzene rings is 1. The summed E-state index contributed by atoms with van der Waals surface area (Å²) in [6.07, 6.45) is 5.05. The topological polar surface area (TPSA) is 33.0 Å². The van der Waals surface area contributed by atoms with Gasteiger partial charge in [0.2, 0.25) is 0 Å². The summed E-state index contributed by atoms with van der Waals surface area (Å²) in [6.45, 7) is 0. The number of ether oxygens (including phenoxy) is 1. The van der Waals surface area contributed by atoms with Gasteiger partial charge < -0.3 is 4.74 Å². The minimum absolute atomic E-state index is 0.483. The van der Waals surface area contributed by atoms with Crippen LogP contribution in [0.1, 0.15) is 30.4 Å². The summed E-state index contributed by atoms with van der Waals surface area (Å²) in [5.41, 5.74) is 2.01. The predicted molar refractivity (Wildman–Crippen MR) is 63.0 cm³/mol. The Kier molecular flexibility index (Phi) is 3.58. The van der Waals surface area contributed by atoms with Crippen LogP contribution >= 0.6 is 0 Å². The molecule has 16 heavy (non-hydrogen) atoms. The number of methoxy groups -OCH3 is 1. The molecule has 84 valence electrons. The first kappa shape index (κ1) is 11.2. The van der Waals surface area contributed by atoms with Crippen LogP contribution in [0.15, 0.2) is 24.3 Å². The molecule has 0 N–H and O–H groups in total. The highest BCUT2D eigenvalue weighted by Crippen LogP contribution is 2.33. The van der Waals surface area contributed by atoms with E-state index in [0.29, 0.717) is 6.10 Å². The van der Waals surface area contributed by atoms with E-state index in [0.717, 1.165) is 17.9 Å². The maximum atomic E-state index is 8.96. The standard InChI is InChI=1S/C14H17NO/c1-16-14-8-11(9-14)6-7-12-4-2-3-5-13(12)10-15/h2-5,11,14H,6-9H2,1H3. The largest absolute Gasteiger partial charge is 0.381 e. The fourth-order valence-electron chi connectivity index (χ4n) is 2.31. The molecule has 1 aliphatic carbocycles. The molecule has 1 fully saturated rings. The molecule has 2 rings (SSSR count). The highest BCUT2D eigenvalue weighted by atomic mass is 16.5. The van der Waals surface area contributed by atoms with Gasteiger partial charge in [0.1, 0.15) is 0 Å². The second kappa shape index (κ2) is 5.14. The second-order valence-corrected chi connectivity index (χ2v) is 4.50. The van der Waals surface area contributed by atoms with Crippen molar-refractivity contribution in [3.05, 3.63) is 35.4 Å². The molecule has 0 unspecified atom stereocenters. The van der Waals surface area contributed by atoms with Gasteiger partial charge in [0.15, 0.2) is 0 Å². The average molecular weight is 215 g/mol. The third-order valence-corrected chi connectivity index (χ3v) is 3.49. The van der Waals surface area contributed by atoms with Crippen LogP contribution in [0.3, 0.4) is 0 Å². The number of nitriles is 1. The Labute approximate surface area is 96.9 Å². The summed E-state index contributed by atoms with van der Waals surface area (Å²) >= 11 is 0. The molecule has 0 heterocycles. The van der Waals surface area contributed by atoms with Crippen molar-refractivity contribution in [2.75, 3.05) is 7.11 Å². The molecule has 2 nitrogen and oxygen atoms in total. The summed E-state index contributed by atoms with van der Waals surface area (Å²) in [4.78, 5) is 0. The Hall–Kier alpha value is -1.33. The third-order valence-electron chi connectivity index (χ3n) is 3.49. The molecule has 0 amide bonds. The van der Waals surface area contributed by atoms with Gasteiger partial charge in [0.05, 0.1) is 17.7 Å². The number of hydrogen-bond acceptors (Lipinski definition) is 2. The number of rotatable bonds is 4. The molecule has 1 aliphatic rings. The minimum atomic E-state index is 0.483. The maximum absolute atomic E-state index is 8.96. The normalized spacial score (nSPS) is 23.5. The van der Waals surface area contributed by atoms with Crippen molar-refractivity contribution >= 4 is 0 Å². The van der Waals surface area contributed by atoms with Crippen LogP contribution in [0.2, 0.25) is 0 Å². The lowest BCUT2D eigenvalue weighted by Crippen LogP contribution is -2.30. The van der Waals surface area contributed by atoms with Crippen LogP contribution in [0, 0.1) is 17.2 Å². The summed E-state index contributed by atoms with van der Waals surface area (Å²) in [7, 11) is 1.78. The molecular formula is C14H17NO. The Bertz CT molecular complexity index is 388. The van der Waals surface area contributed by atoms with E-state index in [1.54, 1.807) is 7.11 Å². The van der Waals surface area contributed by atoms with E-state index < -0.39 is 0 Å². The van der Waals surface area contributed by atoms with Crippen molar-refractivity contribution in [1.82, 2.24) is 0 Å². The Balaban J connectivity index is 1.84. The lowest BCUT2D eigenvalue weighted by Gasteiger charge is -2.34. The Morgan fingerprint density at radius 2 is 2.12 bits per heavy atom. The van der Waals surface area contributed by atoms with Gasteiger partial charge in [-0.2, -0.15) is 5.26 Å². The first-order chi connectivity index (χ1) is 7.83. The molecule has 0 atom stereocenters. The van der Waals surface area contributed by atoms with Crippen LogP contribution in [0.25, 0.3) is 0 Å². The molecule has 0 radical (unpaired) electrons. The molecule has 0 bridgehead atoms. The summed E-state index contributed by atoms with van der Waals surface area (Å²) in [5.74, 6) is 0.789. The first-order valence-electron chi connectivity index (χ1n) is 5.84. The monoisotopic (exact) mass is 215 g/mol. The summed E-state index contributed by atoms with van der Waals surface area (Å²) in [5, 5.41) is 8.96. The van der Waals surface area contributed by atoms with E-state index in [4.69, 9.17) is 10.00 Å². The van der Waals surface area contributed by atoms with E-state index in [1.807, 2.05) is 18.2 Å². The van der Waals surface area contributed by atoms with Crippen LogP contribution in [0.4, 0.5) is 0 Å². The fraction of sp³-hybridized carbons (Fsp3) is 0.500. The number of aryl methyl sites for hydroxylation is 1. The third kappa shape index (κ3) is 2.43. The molecule has 0 aliphatic heterocycles. The van der Waals surface area contributed by atoms with Crippen molar-refractivity contribution in [3.8, 4) is 6.07 Å². The summed E-state index contributed by atoms with van der Waals surface area (Å²) < 4.78 is 5.26. The van der Waals surface area contributed by atoms with E-state index in [-0.39, 0.29) is 0 Å². The zero-order valence-corrected chi connectivity index (χ0v) is 9.65. The van der Waals surface area contributed by atoms with Gasteiger partial charge in [-0.3, -0.25) is 0 Å². The predicted octanol–water partition coefficient (Wildman–Crippen LogP) is 2.92. The molecule has 0 saturated heterocycles. The van der Waals surface area contributed by atoms with Crippen molar-refractivity contribution in [2.45, 2.75) is 31.8 Å². The zero-order chi connectivity index (χ0) is 11.4. The van der Waals surface area contributed by atoms with E-state index in [1.165, 1.54) is 24.8 Å². The lowest BCUT2D eigenvalue weighted by molar-refractivity contribution is -0.00137. The van der Waals surface area contributed by atoms with Gasteiger partial charge in [-0.15, -0.1) is 0 Å². The molecule has 0 aromatic heterocycles. The lowest BCUT2D eigenvalue weighted by atomic mass is 9.78. The van der Waals surface area contributed by atoms with Gasteiger partial charge in [-0.1, -0.05) is 18.2 Å². The van der Waals surface area contributed by atoms with Crippen LogP contribution in [-0.4, -0.2) is 13.2 Å². The molecule has 1 saturated carbocycles. The molecule has 2 heteroatoms. The first-order valence-corrected chi connectivity index (χ1v) is 5.84. The van der Waals surface area contributed by atoms with Gasteiger partial charge >= 0.3 is 0 Å². The van der Waals surface area contributed by atoms with Crippen molar-refractivity contribution < 1.29 is 4.74 Å². The number of nitrogens with zero attached hydrogens (tertiary/aromatic N) is 1. The zero-order valence-electron chi connectivity index (χ0n) is 9.65. The van der Waals surface area contributed by atoms with Crippen molar-refractivity contribution in [1.29, 1.82) is 5.26 Å². The highest BCUT2D eigenvalue weighted by molar-refractivity contribution is 5.37. The van der Waals surface area contributed by atoms with Gasteiger partial charge in [-0.05, 0) is 43.2 Å². The van der Waals surface area contributed by atoms with Gasteiger partial charge in [0, 0.05) is 7.11 Å². The van der Waals surface area contributed by atoms with E-state index >= 15 is 0 Å². The SMILES string of the molecule is COC1CC(CCc2ccccc2C#N)C1.